The van der Waals surface area contributed by atoms with Crippen molar-refractivity contribution in [2.45, 2.75) is 19.1 Å². The SMILES string of the molecule is CCNC(c1cncc(F)c1)C1COc2ccccc2O1. The first-order valence-electron chi connectivity index (χ1n) is 7.00. The number of hydrogen-bond donors (Lipinski definition) is 1. The molecule has 21 heavy (non-hydrogen) atoms. The number of benzene rings is 1. The van der Waals surface area contributed by atoms with Crippen molar-refractivity contribution in [3.8, 4) is 11.5 Å². The third kappa shape index (κ3) is 2.97. The van der Waals surface area contributed by atoms with Gasteiger partial charge >= 0.3 is 0 Å². The molecule has 110 valence electrons. The molecular weight excluding hydrogens is 271 g/mol. The Hall–Kier alpha value is -2.14. The Labute approximate surface area is 122 Å². The van der Waals surface area contributed by atoms with Crippen LogP contribution in [0, 0.1) is 5.82 Å². The first-order chi connectivity index (χ1) is 10.3. The number of ether oxygens (including phenoxy) is 2. The van der Waals surface area contributed by atoms with E-state index in [1.165, 1.54) is 12.3 Å². The topological polar surface area (TPSA) is 43.4 Å². The van der Waals surface area contributed by atoms with Crippen molar-refractivity contribution in [2.24, 2.45) is 0 Å². The summed E-state index contributed by atoms with van der Waals surface area (Å²) in [6, 6.07) is 8.85. The lowest BCUT2D eigenvalue weighted by Gasteiger charge is -2.32. The number of pyridine rings is 1. The molecule has 0 saturated carbocycles. The maximum absolute atomic E-state index is 13.4. The molecule has 0 fully saturated rings. The molecule has 2 atom stereocenters. The quantitative estimate of drug-likeness (QED) is 0.939. The van der Waals surface area contributed by atoms with Crippen LogP contribution in [0.3, 0.4) is 0 Å². The van der Waals surface area contributed by atoms with Crippen LogP contribution in [0.2, 0.25) is 0 Å². The van der Waals surface area contributed by atoms with Gasteiger partial charge in [-0.15, -0.1) is 0 Å². The molecule has 4 nitrogen and oxygen atoms in total. The Bertz CT molecular complexity index is 621. The van der Waals surface area contributed by atoms with E-state index in [4.69, 9.17) is 9.47 Å². The highest BCUT2D eigenvalue weighted by Crippen LogP contribution is 2.34. The number of aromatic nitrogens is 1. The Balaban J connectivity index is 1.85. The number of hydrogen-bond acceptors (Lipinski definition) is 4. The number of rotatable bonds is 4. The van der Waals surface area contributed by atoms with E-state index in [1.807, 2.05) is 31.2 Å². The molecule has 0 bridgehead atoms. The summed E-state index contributed by atoms with van der Waals surface area (Å²) in [4.78, 5) is 3.92. The molecule has 1 aliphatic rings. The van der Waals surface area contributed by atoms with Crippen LogP contribution in [0.25, 0.3) is 0 Å². The fourth-order valence-corrected chi connectivity index (χ4v) is 2.48. The highest BCUT2D eigenvalue weighted by Gasteiger charge is 2.30. The summed E-state index contributed by atoms with van der Waals surface area (Å²) in [6.07, 6.45) is 2.61. The summed E-state index contributed by atoms with van der Waals surface area (Å²) >= 11 is 0. The zero-order valence-corrected chi connectivity index (χ0v) is 11.8. The van der Waals surface area contributed by atoms with Gasteiger partial charge in [-0.25, -0.2) is 4.39 Å². The van der Waals surface area contributed by atoms with Crippen LogP contribution < -0.4 is 14.8 Å². The fraction of sp³-hybridized carbons (Fsp3) is 0.312. The molecule has 0 saturated heterocycles. The molecular formula is C16H17FN2O2. The van der Waals surface area contributed by atoms with Gasteiger partial charge in [-0.2, -0.15) is 0 Å². The lowest BCUT2D eigenvalue weighted by molar-refractivity contribution is 0.0619. The van der Waals surface area contributed by atoms with Gasteiger partial charge in [0.05, 0.1) is 12.2 Å². The van der Waals surface area contributed by atoms with Crippen LogP contribution in [0.5, 0.6) is 11.5 Å². The average Bonchev–Trinajstić information content (AvgIpc) is 2.52. The van der Waals surface area contributed by atoms with Crippen LogP contribution in [0.15, 0.2) is 42.7 Å². The normalized spacial score (nSPS) is 18.3. The van der Waals surface area contributed by atoms with E-state index in [-0.39, 0.29) is 18.0 Å². The van der Waals surface area contributed by atoms with Gasteiger partial charge in [0.2, 0.25) is 0 Å². The Kier molecular flexibility index (Phi) is 4.01. The van der Waals surface area contributed by atoms with E-state index in [0.717, 1.165) is 17.9 Å². The van der Waals surface area contributed by atoms with E-state index in [2.05, 4.69) is 10.3 Å². The molecule has 5 heteroatoms. The van der Waals surface area contributed by atoms with Gasteiger partial charge in [0.15, 0.2) is 17.6 Å². The number of para-hydroxylation sites is 2. The Morgan fingerprint density at radius 2 is 2.14 bits per heavy atom. The molecule has 0 amide bonds. The molecule has 0 radical (unpaired) electrons. The summed E-state index contributed by atoms with van der Waals surface area (Å²) in [5.41, 5.74) is 0.754. The van der Waals surface area contributed by atoms with Gasteiger partial charge in [0, 0.05) is 6.20 Å². The van der Waals surface area contributed by atoms with Gasteiger partial charge < -0.3 is 14.8 Å². The smallest absolute Gasteiger partial charge is 0.161 e. The second kappa shape index (κ2) is 6.10. The lowest BCUT2D eigenvalue weighted by atomic mass is 10.0. The second-order valence-corrected chi connectivity index (χ2v) is 4.89. The highest BCUT2D eigenvalue weighted by molar-refractivity contribution is 5.41. The van der Waals surface area contributed by atoms with Gasteiger partial charge in [0.25, 0.3) is 0 Å². The lowest BCUT2D eigenvalue weighted by Crippen LogP contribution is -2.41. The maximum atomic E-state index is 13.4. The van der Waals surface area contributed by atoms with E-state index >= 15 is 0 Å². The minimum Gasteiger partial charge on any atom is -0.486 e. The summed E-state index contributed by atoms with van der Waals surface area (Å²) < 4.78 is 25.2. The number of halogens is 1. The third-order valence-electron chi connectivity index (χ3n) is 3.41. The molecule has 2 aromatic rings. The van der Waals surface area contributed by atoms with Crippen molar-refractivity contribution in [1.82, 2.24) is 10.3 Å². The maximum Gasteiger partial charge on any atom is 0.161 e. The van der Waals surface area contributed by atoms with Crippen LogP contribution in [-0.4, -0.2) is 24.2 Å². The number of fused-ring (bicyclic) bond motifs is 1. The number of likely N-dealkylation sites (N-methyl/N-ethyl adjacent to an activating group) is 1. The number of nitrogens with one attached hydrogen (secondary N) is 1. The second-order valence-electron chi connectivity index (χ2n) is 4.89. The minimum atomic E-state index is -0.354. The van der Waals surface area contributed by atoms with Crippen molar-refractivity contribution in [2.75, 3.05) is 13.2 Å². The van der Waals surface area contributed by atoms with Crippen LogP contribution >= 0.6 is 0 Å². The number of nitrogens with zero attached hydrogens (tertiary/aromatic N) is 1. The van der Waals surface area contributed by atoms with Gasteiger partial charge in [0.1, 0.15) is 12.4 Å². The van der Waals surface area contributed by atoms with E-state index < -0.39 is 0 Å². The van der Waals surface area contributed by atoms with E-state index in [0.29, 0.717) is 12.4 Å². The van der Waals surface area contributed by atoms with Crippen molar-refractivity contribution in [3.63, 3.8) is 0 Å². The molecule has 1 N–H and O–H groups in total. The first kappa shape index (κ1) is 13.8. The fourth-order valence-electron chi connectivity index (χ4n) is 2.48. The Morgan fingerprint density at radius 1 is 1.33 bits per heavy atom. The zero-order valence-electron chi connectivity index (χ0n) is 11.8. The predicted molar refractivity (Wildman–Crippen MR) is 77.0 cm³/mol. The average molecular weight is 288 g/mol. The minimum absolute atomic E-state index is 0.174. The molecule has 0 aliphatic carbocycles. The first-order valence-corrected chi connectivity index (χ1v) is 7.00. The van der Waals surface area contributed by atoms with E-state index in [9.17, 15) is 4.39 Å². The van der Waals surface area contributed by atoms with Crippen LogP contribution in [0.1, 0.15) is 18.5 Å². The molecule has 1 aromatic carbocycles. The van der Waals surface area contributed by atoms with E-state index in [1.54, 1.807) is 6.20 Å². The van der Waals surface area contributed by atoms with Gasteiger partial charge in [-0.3, -0.25) is 4.98 Å². The standard InChI is InChI=1S/C16H17FN2O2/c1-2-19-16(11-7-12(17)9-18-8-11)15-10-20-13-5-3-4-6-14(13)21-15/h3-9,15-16,19H,2,10H2,1H3. The molecule has 0 spiro atoms. The van der Waals surface area contributed by atoms with Gasteiger partial charge in [-0.05, 0) is 30.3 Å². The van der Waals surface area contributed by atoms with Crippen molar-refractivity contribution in [3.05, 3.63) is 54.1 Å². The van der Waals surface area contributed by atoms with Crippen LogP contribution in [0.4, 0.5) is 4.39 Å². The Morgan fingerprint density at radius 3 is 2.90 bits per heavy atom. The summed E-state index contributed by atoms with van der Waals surface area (Å²) in [5, 5.41) is 3.31. The highest BCUT2D eigenvalue weighted by atomic mass is 19.1. The van der Waals surface area contributed by atoms with Crippen LogP contribution in [-0.2, 0) is 0 Å². The molecule has 1 aromatic heterocycles. The summed E-state index contributed by atoms with van der Waals surface area (Å²) in [6.45, 7) is 3.14. The zero-order chi connectivity index (χ0) is 14.7. The molecule has 2 unspecified atom stereocenters. The van der Waals surface area contributed by atoms with Crippen molar-refractivity contribution >= 4 is 0 Å². The van der Waals surface area contributed by atoms with Crippen molar-refractivity contribution < 1.29 is 13.9 Å². The molecule has 2 heterocycles. The summed E-state index contributed by atoms with van der Waals surface area (Å²) in [5.74, 6) is 1.09. The van der Waals surface area contributed by atoms with Gasteiger partial charge in [-0.1, -0.05) is 19.1 Å². The molecule has 3 rings (SSSR count). The molecule has 1 aliphatic heterocycles. The third-order valence-corrected chi connectivity index (χ3v) is 3.41. The predicted octanol–water partition coefficient (Wildman–Crippen LogP) is 2.71. The summed E-state index contributed by atoms with van der Waals surface area (Å²) in [7, 11) is 0. The largest absolute Gasteiger partial charge is 0.486 e. The monoisotopic (exact) mass is 288 g/mol. The van der Waals surface area contributed by atoms with Crippen molar-refractivity contribution in [1.29, 1.82) is 0 Å².